The van der Waals surface area contributed by atoms with Crippen LogP contribution in [-0.2, 0) is 10.5 Å². The molecule has 0 radical (unpaired) electrons. The Morgan fingerprint density at radius 1 is 0.952 bits per heavy atom. The van der Waals surface area contributed by atoms with Crippen molar-refractivity contribution in [3.63, 3.8) is 0 Å². The number of nitrogens with one attached hydrogen (secondary N) is 3. The van der Waals surface area contributed by atoms with Gasteiger partial charge in [0.1, 0.15) is 0 Å². The minimum Gasteiger partial charge on any atom is -0.350 e. The number of anilines is 2. The fourth-order valence-electron chi connectivity index (χ4n) is 2.79. The van der Waals surface area contributed by atoms with Gasteiger partial charge in [0.05, 0.1) is 11.3 Å². The molecule has 1 atom stereocenters. The Morgan fingerprint density at radius 3 is 2.62 bits per heavy atom. The van der Waals surface area contributed by atoms with E-state index in [1.54, 1.807) is 30.3 Å². The zero-order chi connectivity index (χ0) is 14.6. The van der Waals surface area contributed by atoms with Crippen molar-refractivity contribution in [2.45, 2.75) is 5.66 Å². The average Bonchev–Trinajstić information content (AvgIpc) is 2.71. The fourth-order valence-corrected chi connectivity index (χ4v) is 2.97. The monoisotopic (exact) mass is 299 g/mol. The quantitative estimate of drug-likeness (QED) is 0.699. The number of halogens is 1. The molecule has 6 heteroatoms. The molecule has 2 aromatic rings. The van der Waals surface area contributed by atoms with Gasteiger partial charge in [0.2, 0.25) is 5.66 Å². The summed E-state index contributed by atoms with van der Waals surface area (Å²) in [4.78, 5) is 24.8. The van der Waals surface area contributed by atoms with Crippen LogP contribution in [0, 0.1) is 0 Å². The molecule has 5 nitrogen and oxygen atoms in total. The van der Waals surface area contributed by atoms with Gasteiger partial charge in [-0.05, 0) is 24.3 Å². The first-order chi connectivity index (χ1) is 10.1. The molecule has 0 saturated heterocycles. The van der Waals surface area contributed by atoms with Crippen LogP contribution < -0.4 is 16.0 Å². The second-order valence-electron chi connectivity index (χ2n) is 5.02. The molecule has 2 aliphatic heterocycles. The molecule has 0 fully saturated rings. The van der Waals surface area contributed by atoms with Crippen LogP contribution in [0.25, 0.3) is 0 Å². The van der Waals surface area contributed by atoms with Gasteiger partial charge in [0, 0.05) is 16.3 Å². The first kappa shape index (κ1) is 12.2. The third kappa shape index (κ3) is 1.58. The van der Waals surface area contributed by atoms with Crippen LogP contribution >= 0.6 is 11.6 Å². The molecule has 1 spiro atoms. The van der Waals surface area contributed by atoms with E-state index >= 15 is 0 Å². The van der Waals surface area contributed by atoms with Crippen LogP contribution in [0.5, 0.6) is 0 Å². The molecule has 4 rings (SSSR count). The molecule has 2 amide bonds. The van der Waals surface area contributed by atoms with Crippen molar-refractivity contribution in [1.82, 2.24) is 5.32 Å². The lowest BCUT2D eigenvalue weighted by Gasteiger charge is -2.35. The highest BCUT2D eigenvalue weighted by molar-refractivity contribution is 6.31. The summed E-state index contributed by atoms with van der Waals surface area (Å²) in [5.41, 5.74) is 1.08. The first-order valence-electron chi connectivity index (χ1n) is 6.41. The Hall–Kier alpha value is -2.53. The SMILES string of the molecule is O=C1NC2(Nc3cc(Cl)ccc31)C(=O)Nc1ccccc12. The van der Waals surface area contributed by atoms with Crippen LogP contribution in [-0.4, -0.2) is 11.8 Å². The Labute approximate surface area is 125 Å². The van der Waals surface area contributed by atoms with Crippen LogP contribution in [0.15, 0.2) is 42.5 Å². The summed E-state index contributed by atoms with van der Waals surface area (Å²) in [5, 5.41) is 9.16. The zero-order valence-corrected chi connectivity index (χ0v) is 11.5. The average molecular weight is 300 g/mol. The predicted octanol–water partition coefficient (Wildman–Crippen LogP) is 2.30. The summed E-state index contributed by atoms with van der Waals surface area (Å²) in [5.74, 6) is -0.630. The molecule has 3 N–H and O–H groups in total. The fraction of sp³-hybridized carbons (Fsp3) is 0.0667. The molecule has 2 heterocycles. The van der Waals surface area contributed by atoms with E-state index in [-0.39, 0.29) is 11.8 Å². The first-order valence-corrected chi connectivity index (χ1v) is 6.79. The van der Waals surface area contributed by atoms with Gasteiger partial charge in [-0.3, -0.25) is 9.59 Å². The number of hydrogen-bond donors (Lipinski definition) is 3. The van der Waals surface area contributed by atoms with Crippen LogP contribution in [0.1, 0.15) is 15.9 Å². The summed E-state index contributed by atoms with van der Waals surface area (Å²) in [6.07, 6.45) is 0. The highest BCUT2D eigenvalue weighted by Gasteiger charge is 2.51. The minimum absolute atomic E-state index is 0.313. The molecular formula is C15H10ClN3O2. The van der Waals surface area contributed by atoms with Crippen LogP contribution in [0.3, 0.4) is 0 Å². The molecule has 0 saturated carbocycles. The van der Waals surface area contributed by atoms with E-state index in [4.69, 9.17) is 11.6 Å². The summed E-state index contributed by atoms with van der Waals surface area (Å²) in [6, 6.07) is 12.2. The predicted molar refractivity (Wildman–Crippen MR) is 79.3 cm³/mol. The molecule has 2 aliphatic rings. The molecule has 21 heavy (non-hydrogen) atoms. The van der Waals surface area contributed by atoms with Crippen molar-refractivity contribution < 1.29 is 9.59 Å². The standard InChI is InChI=1S/C15H10ClN3O2/c16-8-5-6-9-12(7-8)18-15(19-13(9)20)10-3-1-2-4-11(10)17-14(15)21/h1-7,18H,(H,17,21)(H,19,20). The Balaban J connectivity index is 1.92. The van der Waals surface area contributed by atoms with E-state index in [2.05, 4.69) is 16.0 Å². The normalized spacial score (nSPS) is 22.1. The second-order valence-corrected chi connectivity index (χ2v) is 5.46. The number of amides is 2. The van der Waals surface area contributed by atoms with Crippen molar-refractivity contribution in [1.29, 1.82) is 0 Å². The lowest BCUT2D eigenvalue weighted by Crippen LogP contribution is -2.59. The van der Waals surface area contributed by atoms with Crippen molar-refractivity contribution in [3.05, 3.63) is 58.6 Å². The van der Waals surface area contributed by atoms with Gasteiger partial charge in [0.25, 0.3) is 11.8 Å². The van der Waals surface area contributed by atoms with Gasteiger partial charge in [-0.1, -0.05) is 29.8 Å². The maximum Gasteiger partial charge on any atom is 0.275 e. The lowest BCUT2D eigenvalue weighted by molar-refractivity contribution is -0.120. The Morgan fingerprint density at radius 2 is 1.76 bits per heavy atom. The van der Waals surface area contributed by atoms with E-state index in [0.717, 1.165) is 0 Å². The van der Waals surface area contributed by atoms with Gasteiger partial charge >= 0.3 is 0 Å². The van der Waals surface area contributed by atoms with E-state index in [9.17, 15) is 9.59 Å². The zero-order valence-electron chi connectivity index (χ0n) is 10.7. The minimum atomic E-state index is -1.29. The Bertz CT molecular complexity index is 805. The van der Waals surface area contributed by atoms with Crippen LogP contribution in [0.2, 0.25) is 5.02 Å². The molecule has 0 aliphatic carbocycles. The van der Waals surface area contributed by atoms with Crippen molar-refractivity contribution >= 4 is 34.8 Å². The number of fused-ring (bicyclic) bond motifs is 3. The summed E-state index contributed by atoms with van der Waals surface area (Å²) < 4.78 is 0. The summed E-state index contributed by atoms with van der Waals surface area (Å²) in [6.45, 7) is 0. The maximum atomic E-state index is 12.4. The van der Waals surface area contributed by atoms with Crippen molar-refractivity contribution in [3.8, 4) is 0 Å². The molecule has 2 aromatic carbocycles. The number of hydrogen-bond acceptors (Lipinski definition) is 3. The summed E-state index contributed by atoms with van der Waals surface area (Å²) >= 11 is 5.98. The van der Waals surface area contributed by atoms with Gasteiger partial charge < -0.3 is 16.0 Å². The summed E-state index contributed by atoms with van der Waals surface area (Å²) in [7, 11) is 0. The van der Waals surface area contributed by atoms with E-state index < -0.39 is 5.66 Å². The number of benzene rings is 2. The number of carbonyl (C=O) groups excluding carboxylic acids is 2. The smallest absolute Gasteiger partial charge is 0.275 e. The Kier molecular flexibility index (Phi) is 2.32. The molecule has 0 bridgehead atoms. The third-order valence-electron chi connectivity index (χ3n) is 3.77. The number of para-hydroxylation sites is 1. The largest absolute Gasteiger partial charge is 0.350 e. The molecule has 0 aromatic heterocycles. The second kappa shape index (κ2) is 3.99. The lowest BCUT2D eigenvalue weighted by atomic mass is 9.96. The van der Waals surface area contributed by atoms with Gasteiger partial charge in [-0.15, -0.1) is 0 Å². The molecule has 1 unspecified atom stereocenters. The van der Waals surface area contributed by atoms with E-state index in [1.807, 2.05) is 12.1 Å². The third-order valence-corrected chi connectivity index (χ3v) is 4.00. The topological polar surface area (TPSA) is 70.2 Å². The number of rotatable bonds is 0. The van der Waals surface area contributed by atoms with Gasteiger partial charge in [-0.2, -0.15) is 0 Å². The van der Waals surface area contributed by atoms with E-state index in [0.29, 0.717) is 27.5 Å². The molecular weight excluding hydrogens is 290 g/mol. The highest BCUT2D eigenvalue weighted by atomic mass is 35.5. The van der Waals surface area contributed by atoms with Gasteiger partial charge in [-0.25, -0.2) is 0 Å². The maximum absolute atomic E-state index is 12.4. The van der Waals surface area contributed by atoms with Crippen LogP contribution in [0.4, 0.5) is 11.4 Å². The van der Waals surface area contributed by atoms with Crippen molar-refractivity contribution in [2.24, 2.45) is 0 Å². The number of carbonyl (C=O) groups is 2. The van der Waals surface area contributed by atoms with E-state index in [1.165, 1.54) is 0 Å². The molecule has 104 valence electrons. The van der Waals surface area contributed by atoms with Gasteiger partial charge in [0.15, 0.2) is 0 Å². The highest BCUT2D eigenvalue weighted by Crippen LogP contribution is 2.40. The van der Waals surface area contributed by atoms with Crippen molar-refractivity contribution in [2.75, 3.05) is 10.6 Å².